The fourth-order valence-electron chi connectivity index (χ4n) is 3.15. The van der Waals surface area contributed by atoms with Gasteiger partial charge in [0.25, 0.3) is 0 Å². The molecule has 0 aliphatic heterocycles. The zero-order valence-corrected chi connectivity index (χ0v) is 17.4. The maximum atomic E-state index is 8.65. The summed E-state index contributed by atoms with van der Waals surface area (Å²) < 4.78 is 8.65. The fraction of sp³-hybridized carbons (Fsp3) is 0.545. The minimum atomic E-state index is 0.301. The monoisotopic (exact) mass is 361 g/mol. The Morgan fingerprint density at radius 2 is 2.00 bits per heavy atom. The quantitative estimate of drug-likeness (QED) is 0.286. The lowest BCUT2D eigenvalue weighted by Crippen LogP contribution is -2.19. The van der Waals surface area contributed by atoms with Crippen LogP contribution in [0.2, 0.25) is 0 Å². The van der Waals surface area contributed by atoms with Crippen LogP contribution in [0, 0.1) is 5.41 Å². The smallest absolute Gasteiger partial charge is 0.0320 e. The lowest BCUT2D eigenvalue weighted by atomic mass is 9.72. The largest absolute Gasteiger partial charge is 0.330 e. The van der Waals surface area contributed by atoms with Crippen LogP contribution in [0.4, 0.5) is 0 Å². The molecule has 0 fully saturated rings. The van der Waals surface area contributed by atoms with E-state index in [0.29, 0.717) is 5.41 Å². The van der Waals surface area contributed by atoms with Gasteiger partial charge in [-0.25, -0.2) is 0 Å². The summed E-state index contributed by atoms with van der Waals surface area (Å²) in [6.45, 7) is 12.9. The number of rotatable bonds is 9. The van der Waals surface area contributed by atoms with Gasteiger partial charge in [-0.2, -0.15) is 0 Å². The lowest BCUT2D eigenvalue weighted by Gasteiger charge is -2.32. The molecule has 2 N–H and O–H groups in total. The van der Waals surface area contributed by atoms with E-state index >= 15 is 0 Å². The van der Waals surface area contributed by atoms with E-state index in [-0.39, 0.29) is 0 Å². The molecule has 0 atom stereocenters. The van der Waals surface area contributed by atoms with Crippen LogP contribution in [0.1, 0.15) is 53.9 Å². The van der Waals surface area contributed by atoms with Crippen LogP contribution in [0.3, 0.4) is 0 Å². The normalized spacial score (nSPS) is 19.4. The van der Waals surface area contributed by atoms with Crippen molar-refractivity contribution < 1.29 is 4.55 Å². The van der Waals surface area contributed by atoms with Crippen molar-refractivity contribution in [2.24, 2.45) is 5.41 Å². The SMILES string of the molecule is CC1=C(/C=C/C(C)=C/C=C/C(C)=C/CNCCSO)C(C)(C)CCC1. The molecule has 0 aromatic carbocycles. The van der Waals surface area contributed by atoms with Crippen molar-refractivity contribution in [3.63, 3.8) is 0 Å². The molecule has 1 rings (SSSR count). The molecule has 0 bridgehead atoms. The van der Waals surface area contributed by atoms with Crippen molar-refractivity contribution in [3.8, 4) is 0 Å². The van der Waals surface area contributed by atoms with Crippen LogP contribution < -0.4 is 5.32 Å². The molecule has 0 heterocycles. The molecule has 0 aromatic rings. The van der Waals surface area contributed by atoms with Gasteiger partial charge in [-0.3, -0.25) is 0 Å². The van der Waals surface area contributed by atoms with E-state index in [1.807, 2.05) is 0 Å². The minimum absolute atomic E-state index is 0.301. The molecule has 2 nitrogen and oxygen atoms in total. The first kappa shape index (κ1) is 22.0. The number of hydrogen-bond donors (Lipinski definition) is 2. The third-order valence-corrected chi connectivity index (χ3v) is 5.10. The van der Waals surface area contributed by atoms with Crippen LogP contribution in [0.15, 0.2) is 58.7 Å². The maximum absolute atomic E-state index is 8.65. The first-order valence-corrected chi connectivity index (χ1v) is 10.2. The van der Waals surface area contributed by atoms with Gasteiger partial charge in [-0.05, 0) is 63.1 Å². The maximum Gasteiger partial charge on any atom is 0.0320 e. The average Bonchev–Trinajstić information content (AvgIpc) is 2.53. The molecular formula is C22H35NOS. The molecule has 0 spiro atoms. The first-order valence-electron chi connectivity index (χ1n) is 9.24. The van der Waals surface area contributed by atoms with Gasteiger partial charge in [0.1, 0.15) is 0 Å². The molecule has 0 unspecified atom stereocenters. The van der Waals surface area contributed by atoms with Gasteiger partial charge < -0.3 is 9.87 Å². The Labute approximate surface area is 159 Å². The lowest BCUT2D eigenvalue weighted by molar-refractivity contribution is 0.377. The van der Waals surface area contributed by atoms with E-state index in [4.69, 9.17) is 4.55 Å². The molecule has 1 aliphatic carbocycles. The van der Waals surface area contributed by atoms with Crippen LogP contribution in [0.5, 0.6) is 0 Å². The molecular weight excluding hydrogens is 326 g/mol. The Kier molecular flexibility index (Phi) is 10.2. The average molecular weight is 362 g/mol. The van der Waals surface area contributed by atoms with Gasteiger partial charge in [0.2, 0.25) is 0 Å². The van der Waals surface area contributed by atoms with Crippen molar-refractivity contribution in [2.75, 3.05) is 18.8 Å². The molecule has 25 heavy (non-hydrogen) atoms. The van der Waals surface area contributed by atoms with E-state index in [0.717, 1.165) is 30.9 Å². The van der Waals surface area contributed by atoms with E-state index in [9.17, 15) is 0 Å². The molecule has 140 valence electrons. The topological polar surface area (TPSA) is 32.3 Å². The Bertz CT molecular complexity index is 565. The fourth-order valence-corrected chi connectivity index (χ4v) is 3.39. The van der Waals surface area contributed by atoms with E-state index in [2.05, 4.69) is 76.4 Å². The van der Waals surface area contributed by atoms with Gasteiger partial charge >= 0.3 is 0 Å². The highest BCUT2D eigenvalue weighted by Crippen LogP contribution is 2.40. The van der Waals surface area contributed by atoms with Crippen LogP contribution >= 0.6 is 12.0 Å². The zero-order valence-electron chi connectivity index (χ0n) is 16.6. The van der Waals surface area contributed by atoms with Gasteiger partial charge in [0, 0.05) is 18.8 Å². The molecule has 3 heteroatoms. The first-order chi connectivity index (χ1) is 11.9. The molecule has 0 aromatic heterocycles. The Hall–Kier alpha value is -1.03. The van der Waals surface area contributed by atoms with Crippen molar-refractivity contribution >= 4 is 12.0 Å². The highest BCUT2D eigenvalue weighted by atomic mass is 32.2. The molecule has 1 aliphatic rings. The zero-order chi connectivity index (χ0) is 18.7. The predicted octanol–water partition coefficient (Wildman–Crippen LogP) is 6.31. The van der Waals surface area contributed by atoms with Crippen molar-refractivity contribution in [2.45, 2.75) is 53.9 Å². The summed E-state index contributed by atoms with van der Waals surface area (Å²) in [6.07, 6.45) is 17.0. The predicted molar refractivity (Wildman–Crippen MR) is 114 cm³/mol. The third-order valence-electron chi connectivity index (χ3n) is 4.71. The summed E-state index contributed by atoms with van der Waals surface area (Å²) >= 11 is 0.878. The van der Waals surface area contributed by atoms with E-state index in [1.165, 1.54) is 36.0 Å². The standard InChI is InChI=1S/C22H35NOS/c1-18(8-6-9-19(2)13-15-23-16-17-25-24)11-12-21-20(3)10-7-14-22(21,4)5/h6,8-9,11-13,23-24H,7,10,14-17H2,1-5H3/b9-6+,12-11+,18-8+,19-13+. The molecule has 0 amide bonds. The van der Waals surface area contributed by atoms with Gasteiger partial charge in [0.15, 0.2) is 0 Å². The van der Waals surface area contributed by atoms with Crippen molar-refractivity contribution in [1.29, 1.82) is 0 Å². The highest BCUT2D eigenvalue weighted by molar-refractivity contribution is 7.93. The summed E-state index contributed by atoms with van der Waals surface area (Å²) in [7, 11) is 0. The summed E-state index contributed by atoms with van der Waals surface area (Å²) in [6, 6.07) is 0. The van der Waals surface area contributed by atoms with E-state index < -0.39 is 0 Å². The summed E-state index contributed by atoms with van der Waals surface area (Å²) in [5.74, 6) is 0.726. The summed E-state index contributed by atoms with van der Waals surface area (Å²) in [5.41, 5.74) is 5.86. The Morgan fingerprint density at radius 3 is 2.68 bits per heavy atom. The van der Waals surface area contributed by atoms with Crippen molar-refractivity contribution in [1.82, 2.24) is 5.32 Å². The number of nitrogens with one attached hydrogen (secondary N) is 1. The van der Waals surface area contributed by atoms with E-state index in [1.54, 1.807) is 5.57 Å². The molecule has 0 saturated carbocycles. The second-order valence-corrected chi connectivity index (χ2v) is 8.19. The Morgan fingerprint density at radius 1 is 1.24 bits per heavy atom. The van der Waals surface area contributed by atoms with Crippen molar-refractivity contribution in [3.05, 3.63) is 58.7 Å². The minimum Gasteiger partial charge on any atom is -0.330 e. The van der Waals surface area contributed by atoms with Crippen LogP contribution in [-0.2, 0) is 0 Å². The van der Waals surface area contributed by atoms with Crippen LogP contribution in [0.25, 0.3) is 0 Å². The third kappa shape index (κ3) is 8.75. The molecule has 0 saturated heterocycles. The second kappa shape index (κ2) is 11.6. The Balaban J connectivity index is 2.56. The summed E-state index contributed by atoms with van der Waals surface area (Å²) in [5, 5.41) is 3.26. The van der Waals surface area contributed by atoms with Gasteiger partial charge in [-0.15, -0.1) is 0 Å². The molecule has 0 radical (unpaired) electrons. The van der Waals surface area contributed by atoms with Gasteiger partial charge in [-0.1, -0.05) is 67.0 Å². The highest BCUT2D eigenvalue weighted by Gasteiger charge is 2.26. The second-order valence-electron chi connectivity index (χ2n) is 7.52. The number of hydrogen-bond acceptors (Lipinski definition) is 3. The van der Waals surface area contributed by atoms with Gasteiger partial charge in [0.05, 0.1) is 0 Å². The van der Waals surface area contributed by atoms with Crippen LogP contribution in [-0.4, -0.2) is 23.4 Å². The number of allylic oxidation sites excluding steroid dienone is 9. The summed E-state index contributed by atoms with van der Waals surface area (Å²) in [4.78, 5) is 0.